The van der Waals surface area contributed by atoms with Crippen LogP contribution in [0.15, 0.2) is 33.9 Å². The zero-order chi connectivity index (χ0) is 13.8. The number of benzene rings is 1. The van der Waals surface area contributed by atoms with Crippen molar-refractivity contribution in [2.24, 2.45) is 0 Å². The number of unbranched alkanes of at least 4 members (excludes halogenated alkanes) is 1. The van der Waals surface area contributed by atoms with Gasteiger partial charge in [-0.05, 0) is 25.0 Å². The second-order valence-corrected chi connectivity index (χ2v) is 5.16. The number of carboxylic acids is 1. The lowest BCUT2D eigenvalue weighted by Gasteiger charge is -2.04. The molecule has 6 heteroatoms. The van der Waals surface area contributed by atoms with E-state index in [-0.39, 0.29) is 23.4 Å². The number of carboxylic acid groups (broad SMARTS) is 1. The van der Waals surface area contributed by atoms with Gasteiger partial charge < -0.3 is 5.11 Å². The third kappa shape index (κ3) is 3.08. The summed E-state index contributed by atoms with van der Waals surface area (Å²) >= 11 is 1.04. The highest BCUT2D eigenvalue weighted by Gasteiger charge is 2.07. The topological polar surface area (TPSA) is 76.4 Å². The molecule has 0 amide bonds. The van der Waals surface area contributed by atoms with E-state index in [0.29, 0.717) is 22.9 Å². The van der Waals surface area contributed by atoms with Crippen molar-refractivity contribution >= 4 is 27.4 Å². The minimum atomic E-state index is -0.865. The average molecular weight is 279 g/mol. The summed E-state index contributed by atoms with van der Waals surface area (Å²) in [4.78, 5) is 34.1. The quantitative estimate of drug-likeness (QED) is 0.845. The summed E-state index contributed by atoms with van der Waals surface area (Å²) in [6.07, 6.45) is 1.02. The van der Waals surface area contributed by atoms with Gasteiger partial charge in [0.05, 0.1) is 5.39 Å². The van der Waals surface area contributed by atoms with Gasteiger partial charge in [-0.3, -0.25) is 19.0 Å². The molecule has 0 unspecified atom stereocenters. The smallest absolute Gasteiger partial charge is 0.310 e. The maximum absolute atomic E-state index is 12.1. The fraction of sp³-hybridized carbons (Fsp3) is 0.308. The summed E-state index contributed by atoms with van der Waals surface area (Å²) < 4.78 is 1.87. The molecule has 0 atom stereocenters. The van der Waals surface area contributed by atoms with E-state index < -0.39 is 5.97 Å². The van der Waals surface area contributed by atoms with Gasteiger partial charge in [-0.2, -0.15) is 0 Å². The van der Waals surface area contributed by atoms with Crippen molar-refractivity contribution in [2.75, 3.05) is 0 Å². The number of nitrogens with zero attached hydrogens (tertiary/aromatic N) is 1. The molecule has 1 aromatic heterocycles. The van der Waals surface area contributed by atoms with Crippen molar-refractivity contribution in [2.45, 2.75) is 25.8 Å². The molecule has 2 rings (SSSR count). The summed E-state index contributed by atoms with van der Waals surface area (Å²) in [5, 5.41) is 9.07. The molecule has 1 aromatic carbocycles. The van der Waals surface area contributed by atoms with Crippen LogP contribution in [0.25, 0.3) is 10.1 Å². The highest BCUT2D eigenvalue weighted by atomic mass is 32.1. The standard InChI is InChI=1S/C13H13NO4S/c15-11(16)7-3-4-8-14-12(17)9-5-1-2-6-10(9)19-13(14)18/h1-2,5-6H,3-4,7-8H2,(H,15,16). The highest BCUT2D eigenvalue weighted by Crippen LogP contribution is 2.11. The minimum absolute atomic E-state index is 0.0555. The maximum atomic E-state index is 12.1. The number of aliphatic carboxylic acids is 1. The number of fused-ring (bicyclic) bond motifs is 1. The molecule has 0 saturated carbocycles. The fourth-order valence-electron chi connectivity index (χ4n) is 1.85. The SMILES string of the molecule is O=C(O)CCCCn1c(=O)sc2ccccc2c1=O. The van der Waals surface area contributed by atoms with Gasteiger partial charge in [-0.25, -0.2) is 0 Å². The molecule has 5 nitrogen and oxygen atoms in total. The van der Waals surface area contributed by atoms with Crippen molar-refractivity contribution < 1.29 is 9.90 Å². The van der Waals surface area contributed by atoms with Crippen LogP contribution in [-0.2, 0) is 11.3 Å². The Morgan fingerprint density at radius 2 is 1.95 bits per heavy atom. The number of carbonyl (C=O) groups is 1. The lowest BCUT2D eigenvalue weighted by atomic mass is 10.2. The molecule has 0 aliphatic heterocycles. The molecule has 2 aromatic rings. The normalized spacial score (nSPS) is 10.7. The van der Waals surface area contributed by atoms with Crippen LogP contribution in [-0.4, -0.2) is 15.6 Å². The number of rotatable bonds is 5. The van der Waals surface area contributed by atoms with Crippen LogP contribution in [0.4, 0.5) is 0 Å². The predicted molar refractivity (Wildman–Crippen MR) is 73.8 cm³/mol. The first-order valence-electron chi connectivity index (χ1n) is 5.94. The molecular weight excluding hydrogens is 266 g/mol. The first kappa shape index (κ1) is 13.5. The van der Waals surface area contributed by atoms with E-state index in [1.165, 1.54) is 4.57 Å². The van der Waals surface area contributed by atoms with E-state index in [0.717, 1.165) is 11.3 Å². The van der Waals surface area contributed by atoms with Crippen LogP contribution in [0.5, 0.6) is 0 Å². The van der Waals surface area contributed by atoms with Crippen molar-refractivity contribution in [1.29, 1.82) is 0 Å². The van der Waals surface area contributed by atoms with Crippen molar-refractivity contribution in [1.82, 2.24) is 4.57 Å². The van der Waals surface area contributed by atoms with Crippen molar-refractivity contribution in [3.05, 3.63) is 44.3 Å². The summed E-state index contributed by atoms with van der Waals surface area (Å²) in [5.41, 5.74) is -0.297. The summed E-state index contributed by atoms with van der Waals surface area (Å²) in [5.74, 6) is -0.865. The molecule has 1 N–H and O–H groups in total. The molecule has 19 heavy (non-hydrogen) atoms. The molecular formula is C13H13NO4S. The first-order chi connectivity index (χ1) is 9.09. The first-order valence-corrected chi connectivity index (χ1v) is 6.76. The molecule has 0 spiro atoms. The second kappa shape index (κ2) is 5.79. The summed E-state index contributed by atoms with van der Waals surface area (Å²) in [7, 11) is 0. The number of aromatic nitrogens is 1. The fourth-order valence-corrected chi connectivity index (χ4v) is 2.73. The Labute approximate surface area is 112 Å². The predicted octanol–water partition coefficient (Wildman–Crippen LogP) is 1.68. The van der Waals surface area contributed by atoms with E-state index in [4.69, 9.17) is 5.11 Å². The molecule has 1 heterocycles. The largest absolute Gasteiger partial charge is 0.481 e. The van der Waals surface area contributed by atoms with E-state index in [1.807, 2.05) is 0 Å². The van der Waals surface area contributed by atoms with Crippen LogP contribution in [0.1, 0.15) is 19.3 Å². The Hall–Kier alpha value is -1.95. The third-order valence-corrected chi connectivity index (χ3v) is 3.77. The molecule has 100 valence electrons. The van der Waals surface area contributed by atoms with E-state index in [2.05, 4.69) is 0 Å². The lowest BCUT2D eigenvalue weighted by molar-refractivity contribution is -0.137. The van der Waals surface area contributed by atoms with Crippen molar-refractivity contribution in [3.63, 3.8) is 0 Å². The van der Waals surface area contributed by atoms with Gasteiger partial charge >= 0.3 is 10.8 Å². The van der Waals surface area contributed by atoms with E-state index in [9.17, 15) is 14.4 Å². The van der Waals surface area contributed by atoms with Crippen LogP contribution in [0.2, 0.25) is 0 Å². The van der Waals surface area contributed by atoms with Gasteiger partial charge in [0.15, 0.2) is 0 Å². The molecule has 0 bridgehead atoms. The van der Waals surface area contributed by atoms with E-state index in [1.54, 1.807) is 24.3 Å². The molecule has 0 aliphatic rings. The van der Waals surface area contributed by atoms with Gasteiger partial charge in [-0.15, -0.1) is 0 Å². The van der Waals surface area contributed by atoms with E-state index >= 15 is 0 Å². The Balaban J connectivity index is 2.26. The van der Waals surface area contributed by atoms with Gasteiger partial charge in [-0.1, -0.05) is 23.5 Å². The van der Waals surface area contributed by atoms with Gasteiger partial charge in [0.1, 0.15) is 0 Å². The van der Waals surface area contributed by atoms with Crippen LogP contribution >= 0.6 is 11.3 Å². The van der Waals surface area contributed by atoms with Crippen LogP contribution < -0.4 is 10.4 Å². The molecule has 0 fully saturated rings. The molecule has 0 aliphatic carbocycles. The van der Waals surface area contributed by atoms with Crippen LogP contribution in [0, 0.1) is 0 Å². The zero-order valence-electron chi connectivity index (χ0n) is 10.2. The Kier molecular flexibility index (Phi) is 4.11. The van der Waals surface area contributed by atoms with Crippen LogP contribution in [0.3, 0.4) is 0 Å². The van der Waals surface area contributed by atoms with Gasteiger partial charge in [0.2, 0.25) is 0 Å². The number of hydrogen-bond acceptors (Lipinski definition) is 4. The number of hydrogen-bond donors (Lipinski definition) is 1. The maximum Gasteiger partial charge on any atom is 0.310 e. The summed E-state index contributed by atoms with van der Waals surface area (Å²) in [6, 6.07) is 6.99. The highest BCUT2D eigenvalue weighted by molar-refractivity contribution is 7.16. The van der Waals surface area contributed by atoms with Crippen molar-refractivity contribution in [3.8, 4) is 0 Å². The minimum Gasteiger partial charge on any atom is -0.481 e. The monoisotopic (exact) mass is 279 g/mol. The van der Waals surface area contributed by atoms with Gasteiger partial charge in [0.25, 0.3) is 5.56 Å². The molecule has 0 saturated heterocycles. The molecule has 0 radical (unpaired) electrons. The zero-order valence-corrected chi connectivity index (χ0v) is 11.0. The second-order valence-electron chi connectivity index (χ2n) is 4.17. The third-order valence-electron chi connectivity index (χ3n) is 2.80. The Bertz CT molecular complexity index is 716. The van der Waals surface area contributed by atoms with Gasteiger partial charge in [0, 0.05) is 17.7 Å². The Morgan fingerprint density at radius 1 is 1.21 bits per heavy atom. The average Bonchev–Trinajstić information content (AvgIpc) is 2.37. The summed E-state index contributed by atoms with van der Waals surface area (Å²) in [6.45, 7) is 0.270. The Morgan fingerprint density at radius 3 is 2.68 bits per heavy atom. The lowest BCUT2D eigenvalue weighted by Crippen LogP contribution is -2.31.